The Labute approximate surface area is 95.9 Å². The van der Waals surface area contributed by atoms with Gasteiger partial charge in [-0.15, -0.1) is 0 Å². The fourth-order valence-corrected chi connectivity index (χ4v) is 1.13. The van der Waals surface area contributed by atoms with E-state index in [-0.39, 0.29) is 11.6 Å². The van der Waals surface area contributed by atoms with E-state index in [0.29, 0.717) is 11.4 Å². The number of hydrogen-bond donors (Lipinski definition) is 3. The van der Waals surface area contributed by atoms with E-state index in [4.69, 9.17) is 10.8 Å². The molecule has 0 radical (unpaired) electrons. The molecule has 1 unspecified atom stereocenters. The van der Waals surface area contributed by atoms with Crippen molar-refractivity contribution in [3.63, 3.8) is 0 Å². The smallest absolute Gasteiger partial charge is 0.383 e. The Kier molecular flexibility index (Phi) is 3.76. The van der Waals surface area contributed by atoms with Crippen LogP contribution in [0.4, 0.5) is 24.8 Å². The molecule has 5 nitrogen and oxygen atoms in total. The number of aryl methyl sites for hydroxylation is 1. The normalized spacial score (nSPS) is 13.5. The van der Waals surface area contributed by atoms with Gasteiger partial charge in [-0.3, -0.25) is 0 Å². The summed E-state index contributed by atoms with van der Waals surface area (Å²) < 4.78 is 36.2. The van der Waals surface area contributed by atoms with Crippen LogP contribution in [0.3, 0.4) is 0 Å². The van der Waals surface area contributed by atoms with Crippen molar-refractivity contribution in [2.45, 2.75) is 26.1 Å². The van der Waals surface area contributed by atoms with E-state index in [1.165, 1.54) is 0 Å². The lowest BCUT2D eigenvalue weighted by Crippen LogP contribution is -2.35. The lowest BCUT2D eigenvalue weighted by molar-refractivity contribution is -0.198. The second-order valence-electron chi connectivity index (χ2n) is 3.57. The minimum atomic E-state index is -4.66. The van der Waals surface area contributed by atoms with Crippen LogP contribution in [0.25, 0.3) is 0 Å². The molecular weight excluding hydrogens is 237 g/mol. The maximum absolute atomic E-state index is 12.1. The van der Waals surface area contributed by atoms with Crippen molar-refractivity contribution in [2.75, 3.05) is 17.6 Å². The van der Waals surface area contributed by atoms with E-state index in [1.807, 2.05) is 0 Å². The van der Waals surface area contributed by atoms with E-state index in [1.54, 1.807) is 13.8 Å². The summed E-state index contributed by atoms with van der Waals surface area (Å²) in [5, 5.41) is 11.2. The summed E-state index contributed by atoms with van der Waals surface area (Å²) in [4.78, 5) is 7.76. The second kappa shape index (κ2) is 4.74. The van der Waals surface area contributed by atoms with E-state index in [0.717, 1.165) is 0 Å². The van der Waals surface area contributed by atoms with Crippen LogP contribution >= 0.6 is 0 Å². The number of halogens is 3. The number of aliphatic hydroxyl groups excluding tert-OH is 1. The average molecular weight is 250 g/mol. The Balaban J connectivity index is 2.76. The molecule has 0 saturated heterocycles. The van der Waals surface area contributed by atoms with Crippen LogP contribution in [0.15, 0.2) is 0 Å². The van der Waals surface area contributed by atoms with Crippen molar-refractivity contribution in [1.82, 2.24) is 9.97 Å². The van der Waals surface area contributed by atoms with Crippen LogP contribution < -0.4 is 11.1 Å². The van der Waals surface area contributed by atoms with Crippen molar-refractivity contribution in [1.29, 1.82) is 0 Å². The van der Waals surface area contributed by atoms with E-state index in [9.17, 15) is 13.2 Å². The van der Waals surface area contributed by atoms with Gasteiger partial charge in [-0.05, 0) is 13.8 Å². The first-order valence-corrected chi connectivity index (χ1v) is 4.81. The molecule has 17 heavy (non-hydrogen) atoms. The maximum Gasteiger partial charge on any atom is 0.416 e. The first-order valence-electron chi connectivity index (χ1n) is 4.81. The minimum absolute atomic E-state index is 0.193. The quantitative estimate of drug-likeness (QED) is 0.745. The number of nitrogens with zero attached hydrogens (tertiary/aromatic N) is 2. The highest BCUT2D eigenvalue weighted by molar-refractivity contribution is 5.54. The molecule has 1 rings (SSSR count). The zero-order chi connectivity index (χ0) is 13.2. The number of alkyl halides is 3. The monoisotopic (exact) mass is 250 g/mol. The molecule has 96 valence electrons. The topological polar surface area (TPSA) is 84.1 Å². The third kappa shape index (κ3) is 3.45. The maximum atomic E-state index is 12.1. The average Bonchev–Trinajstić information content (AvgIpc) is 2.19. The van der Waals surface area contributed by atoms with Crippen LogP contribution in [0.1, 0.15) is 11.4 Å². The summed E-state index contributed by atoms with van der Waals surface area (Å²) in [6, 6.07) is 0. The highest BCUT2D eigenvalue weighted by Gasteiger charge is 2.37. The molecule has 1 aromatic heterocycles. The van der Waals surface area contributed by atoms with Gasteiger partial charge in [0, 0.05) is 5.56 Å². The number of aliphatic hydroxyl groups is 1. The summed E-state index contributed by atoms with van der Waals surface area (Å²) in [6.07, 6.45) is -7.10. The largest absolute Gasteiger partial charge is 0.416 e. The van der Waals surface area contributed by atoms with Gasteiger partial charge in [-0.2, -0.15) is 13.2 Å². The van der Waals surface area contributed by atoms with Gasteiger partial charge >= 0.3 is 6.18 Å². The molecule has 8 heteroatoms. The molecule has 4 N–H and O–H groups in total. The third-order valence-electron chi connectivity index (χ3n) is 2.14. The number of rotatable bonds is 3. The lowest BCUT2D eigenvalue weighted by atomic mass is 10.3. The summed E-state index contributed by atoms with van der Waals surface area (Å²) in [5.41, 5.74) is 5.99. The number of anilines is 2. The molecule has 0 saturated carbocycles. The van der Waals surface area contributed by atoms with Crippen LogP contribution in [0.2, 0.25) is 0 Å². The number of nitrogens with two attached hydrogens (primary N) is 1. The highest BCUT2D eigenvalue weighted by atomic mass is 19.4. The lowest BCUT2D eigenvalue weighted by Gasteiger charge is -2.16. The Hall–Kier alpha value is -1.57. The summed E-state index contributed by atoms with van der Waals surface area (Å²) in [6.45, 7) is 2.47. The molecule has 0 aliphatic rings. The van der Waals surface area contributed by atoms with Gasteiger partial charge in [0.2, 0.25) is 0 Å². The number of nitrogen functional groups attached to an aromatic ring is 1. The molecule has 1 aromatic rings. The van der Waals surface area contributed by atoms with Gasteiger partial charge in [0.1, 0.15) is 17.5 Å². The summed E-state index contributed by atoms with van der Waals surface area (Å²) in [5.74, 6) is 0.733. The molecule has 0 bridgehead atoms. The van der Waals surface area contributed by atoms with Crippen LogP contribution in [0, 0.1) is 13.8 Å². The third-order valence-corrected chi connectivity index (χ3v) is 2.14. The van der Waals surface area contributed by atoms with Crippen molar-refractivity contribution >= 4 is 11.6 Å². The van der Waals surface area contributed by atoms with Gasteiger partial charge < -0.3 is 16.2 Å². The van der Waals surface area contributed by atoms with E-state index >= 15 is 0 Å². The van der Waals surface area contributed by atoms with E-state index < -0.39 is 18.8 Å². The van der Waals surface area contributed by atoms with E-state index in [2.05, 4.69) is 15.3 Å². The van der Waals surface area contributed by atoms with Gasteiger partial charge in [0.05, 0.1) is 6.54 Å². The number of nitrogens with one attached hydrogen (secondary N) is 1. The van der Waals surface area contributed by atoms with Crippen LogP contribution in [-0.2, 0) is 0 Å². The fourth-order valence-electron chi connectivity index (χ4n) is 1.13. The summed E-state index contributed by atoms with van der Waals surface area (Å²) >= 11 is 0. The predicted octanol–water partition coefficient (Wildman–Crippen LogP) is 1.01. The second-order valence-corrected chi connectivity index (χ2v) is 3.57. The standard InChI is InChI=1S/C9H13F3N4O/c1-4-7(13)15-5(2)16-8(4)14-3-6(17)9(10,11)12/h6,17H,3H2,1-2H3,(H3,13,14,15,16). The van der Waals surface area contributed by atoms with Crippen LogP contribution in [0.5, 0.6) is 0 Å². The zero-order valence-electron chi connectivity index (χ0n) is 9.34. The van der Waals surface area contributed by atoms with Crippen molar-refractivity contribution in [3.05, 3.63) is 11.4 Å². The van der Waals surface area contributed by atoms with Gasteiger partial charge in [0.25, 0.3) is 0 Å². The Morgan fingerprint density at radius 2 is 1.94 bits per heavy atom. The molecule has 1 atom stereocenters. The Morgan fingerprint density at radius 3 is 2.47 bits per heavy atom. The SMILES string of the molecule is Cc1nc(N)c(C)c(NCC(O)C(F)(F)F)n1. The molecule has 0 amide bonds. The van der Waals surface area contributed by atoms with Crippen molar-refractivity contribution in [3.8, 4) is 0 Å². The van der Waals surface area contributed by atoms with Gasteiger partial charge in [0.15, 0.2) is 6.10 Å². The molecule has 1 heterocycles. The fraction of sp³-hybridized carbons (Fsp3) is 0.556. The predicted molar refractivity (Wildman–Crippen MR) is 56.5 cm³/mol. The van der Waals surface area contributed by atoms with Crippen LogP contribution in [-0.4, -0.2) is 33.9 Å². The molecule has 0 fully saturated rings. The number of aromatic nitrogens is 2. The van der Waals surface area contributed by atoms with Gasteiger partial charge in [-0.25, -0.2) is 9.97 Å². The van der Waals surface area contributed by atoms with Gasteiger partial charge in [-0.1, -0.05) is 0 Å². The minimum Gasteiger partial charge on any atom is -0.383 e. The molecule has 0 aliphatic carbocycles. The molecular formula is C9H13F3N4O. The first-order chi connectivity index (χ1) is 7.71. The molecule has 0 aromatic carbocycles. The summed E-state index contributed by atoms with van der Waals surface area (Å²) in [7, 11) is 0. The Bertz CT molecular complexity index is 408. The molecule has 0 aliphatic heterocycles. The zero-order valence-corrected chi connectivity index (χ0v) is 9.34. The van der Waals surface area contributed by atoms with Crippen molar-refractivity contribution in [2.24, 2.45) is 0 Å². The number of hydrogen-bond acceptors (Lipinski definition) is 5. The highest BCUT2D eigenvalue weighted by Crippen LogP contribution is 2.21. The first kappa shape index (κ1) is 13.5. The molecule has 0 spiro atoms. The van der Waals surface area contributed by atoms with Crippen molar-refractivity contribution < 1.29 is 18.3 Å². The Morgan fingerprint density at radius 1 is 1.35 bits per heavy atom.